The molecule has 2 atom stereocenters. The Labute approximate surface area is 130 Å². The van der Waals surface area contributed by atoms with Gasteiger partial charge in [-0.05, 0) is 0 Å². The Kier molecular flexibility index (Phi) is 4.21. The summed E-state index contributed by atoms with van der Waals surface area (Å²) in [6.07, 6.45) is 0. The molecule has 2 heterocycles. The van der Waals surface area contributed by atoms with Gasteiger partial charge in [-0.3, -0.25) is 9.79 Å². The minimum Gasteiger partial charge on any atom is -0.480 e. The van der Waals surface area contributed by atoms with E-state index in [1.54, 1.807) is 11.8 Å². The van der Waals surface area contributed by atoms with Crippen LogP contribution < -0.4 is 0 Å². The molecule has 0 saturated carbocycles. The zero-order valence-electron chi connectivity index (χ0n) is 11.1. The Morgan fingerprint density at radius 3 is 2.71 bits per heavy atom. The van der Waals surface area contributed by atoms with E-state index >= 15 is 0 Å². The predicted molar refractivity (Wildman–Crippen MR) is 84.8 cm³/mol. The van der Waals surface area contributed by atoms with Gasteiger partial charge in [0.25, 0.3) is 0 Å². The lowest BCUT2D eigenvalue weighted by Crippen LogP contribution is -2.46. The lowest BCUT2D eigenvalue weighted by atomic mass is 10.2. The van der Waals surface area contributed by atoms with Crippen molar-refractivity contribution in [3.05, 3.63) is 35.9 Å². The number of amides is 1. The van der Waals surface area contributed by atoms with Crippen LogP contribution in [0.15, 0.2) is 35.3 Å². The smallest absolute Gasteiger partial charge is 0.327 e. The summed E-state index contributed by atoms with van der Waals surface area (Å²) >= 11 is 3.02. The first-order valence-electron chi connectivity index (χ1n) is 6.54. The fourth-order valence-electron chi connectivity index (χ4n) is 2.29. The van der Waals surface area contributed by atoms with Crippen molar-refractivity contribution in [2.75, 3.05) is 17.4 Å². The molecule has 1 unspecified atom stereocenters. The molecule has 1 N–H and O–H groups in total. The van der Waals surface area contributed by atoms with Gasteiger partial charge in [0.2, 0.25) is 5.91 Å². The van der Waals surface area contributed by atoms with E-state index in [1.165, 1.54) is 16.7 Å². The highest BCUT2D eigenvalue weighted by Crippen LogP contribution is 2.28. The summed E-state index contributed by atoms with van der Waals surface area (Å²) in [7, 11) is 0. The SMILES string of the molecule is O=C(O)[C@@H]1CSCN1C(=O)C1CSC(c2ccccc2)=N1. The van der Waals surface area contributed by atoms with Crippen molar-refractivity contribution in [3.63, 3.8) is 0 Å². The number of carboxylic acids is 1. The summed E-state index contributed by atoms with van der Waals surface area (Å²) < 4.78 is 0. The van der Waals surface area contributed by atoms with Crippen molar-refractivity contribution < 1.29 is 14.7 Å². The fourth-order valence-corrected chi connectivity index (χ4v) is 4.49. The molecule has 1 aromatic carbocycles. The molecule has 3 rings (SSSR count). The number of hydrogen-bond acceptors (Lipinski definition) is 5. The fraction of sp³-hybridized carbons (Fsp3) is 0.357. The number of thioether (sulfide) groups is 2. The molecule has 1 fully saturated rings. The summed E-state index contributed by atoms with van der Waals surface area (Å²) in [5.41, 5.74) is 1.00. The van der Waals surface area contributed by atoms with Crippen LogP contribution in [0, 0.1) is 0 Å². The number of benzene rings is 1. The van der Waals surface area contributed by atoms with Crippen LogP contribution in [0.3, 0.4) is 0 Å². The van der Waals surface area contributed by atoms with Gasteiger partial charge in [-0.2, -0.15) is 0 Å². The van der Waals surface area contributed by atoms with Crippen LogP contribution in [0.1, 0.15) is 5.56 Å². The Balaban J connectivity index is 1.75. The van der Waals surface area contributed by atoms with Crippen molar-refractivity contribution in [2.24, 2.45) is 4.99 Å². The first kappa shape index (κ1) is 14.5. The van der Waals surface area contributed by atoms with E-state index in [2.05, 4.69) is 4.99 Å². The summed E-state index contributed by atoms with van der Waals surface area (Å²) in [6.45, 7) is 0. The average Bonchev–Trinajstić information content (AvgIpc) is 3.17. The molecule has 5 nitrogen and oxygen atoms in total. The van der Waals surface area contributed by atoms with Crippen molar-refractivity contribution in [1.82, 2.24) is 4.90 Å². The average molecular weight is 322 g/mol. The van der Waals surface area contributed by atoms with Crippen molar-refractivity contribution >= 4 is 40.4 Å². The number of aliphatic imine (C=N–C) groups is 1. The van der Waals surface area contributed by atoms with E-state index in [-0.39, 0.29) is 5.91 Å². The number of carbonyl (C=O) groups is 2. The zero-order chi connectivity index (χ0) is 14.8. The van der Waals surface area contributed by atoms with Crippen molar-refractivity contribution in [2.45, 2.75) is 12.1 Å². The molecule has 2 aliphatic rings. The minimum absolute atomic E-state index is 0.175. The lowest BCUT2D eigenvalue weighted by molar-refractivity contribution is -0.148. The molecule has 21 heavy (non-hydrogen) atoms. The van der Waals surface area contributed by atoms with E-state index in [4.69, 9.17) is 5.11 Å². The molecular weight excluding hydrogens is 308 g/mol. The van der Waals surface area contributed by atoms with Gasteiger partial charge >= 0.3 is 5.97 Å². The van der Waals surface area contributed by atoms with E-state index in [0.717, 1.165) is 10.6 Å². The maximum absolute atomic E-state index is 12.5. The van der Waals surface area contributed by atoms with Crippen LogP contribution in [0.25, 0.3) is 0 Å². The van der Waals surface area contributed by atoms with Crippen LogP contribution in [-0.4, -0.2) is 56.4 Å². The quantitative estimate of drug-likeness (QED) is 0.914. The molecular formula is C14H14N2O3S2. The minimum atomic E-state index is -0.939. The van der Waals surface area contributed by atoms with Gasteiger partial charge in [0.05, 0.1) is 10.9 Å². The van der Waals surface area contributed by atoms with E-state index < -0.39 is 18.1 Å². The molecule has 0 radical (unpaired) electrons. The summed E-state index contributed by atoms with van der Waals surface area (Å²) in [5.74, 6) is 0.358. The van der Waals surface area contributed by atoms with Gasteiger partial charge in [0, 0.05) is 17.1 Å². The van der Waals surface area contributed by atoms with Gasteiger partial charge in [-0.1, -0.05) is 30.3 Å². The van der Waals surface area contributed by atoms with E-state index in [1.807, 2.05) is 30.3 Å². The highest BCUT2D eigenvalue weighted by molar-refractivity contribution is 8.14. The van der Waals surface area contributed by atoms with Gasteiger partial charge in [-0.25, -0.2) is 4.79 Å². The van der Waals surface area contributed by atoms with Gasteiger partial charge in [-0.15, -0.1) is 23.5 Å². The second-order valence-electron chi connectivity index (χ2n) is 4.79. The van der Waals surface area contributed by atoms with Crippen LogP contribution in [0.2, 0.25) is 0 Å². The highest BCUT2D eigenvalue weighted by atomic mass is 32.2. The number of carbonyl (C=O) groups excluding carboxylic acids is 1. The van der Waals surface area contributed by atoms with Gasteiger partial charge in [0.1, 0.15) is 12.1 Å². The summed E-state index contributed by atoms with van der Waals surface area (Å²) in [4.78, 5) is 29.6. The Bertz CT molecular complexity index is 591. The Hall–Kier alpha value is -1.47. The first-order chi connectivity index (χ1) is 10.2. The van der Waals surface area contributed by atoms with Gasteiger partial charge in [0.15, 0.2) is 0 Å². The van der Waals surface area contributed by atoms with Gasteiger partial charge < -0.3 is 10.0 Å². The highest BCUT2D eigenvalue weighted by Gasteiger charge is 2.39. The van der Waals surface area contributed by atoms with Crippen LogP contribution in [0.4, 0.5) is 0 Å². The first-order valence-corrected chi connectivity index (χ1v) is 8.68. The molecule has 1 amide bonds. The molecule has 0 bridgehead atoms. The number of rotatable bonds is 3. The monoisotopic (exact) mass is 322 g/mol. The van der Waals surface area contributed by atoms with Crippen LogP contribution >= 0.6 is 23.5 Å². The molecule has 2 aliphatic heterocycles. The molecule has 0 aromatic heterocycles. The topological polar surface area (TPSA) is 70.0 Å². The number of hydrogen-bond donors (Lipinski definition) is 1. The molecule has 7 heteroatoms. The number of nitrogens with zero attached hydrogens (tertiary/aromatic N) is 2. The third kappa shape index (κ3) is 2.94. The zero-order valence-corrected chi connectivity index (χ0v) is 12.8. The molecule has 0 spiro atoms. The van der Waals surface area contributed by atoms with Crippen molar-refractivity contribution in [1.29, 1.82) is 0 Å². The third-order valence-electron chi connectivity index (χ3n) is 3.41. The molecule has 0 aliphatic carbocycles. The second kappa shape index (κ2) is 6.11. The largest absolute Gasteiger partial charge is 0.480 e. The molecule has 1 saturated heterocycles. The normalized spacial score (nSPS) is 25.0. The summed E-state index contributed by atoms with van der Waals surface area (Å²) in [5, 5.41) is 10.0. The standard InChI is InChI=1S/C14H14N2O3S2/c17-13(16-8-20-7-11(16)14(18)19)10-6-21-12(15-10)9-4-2-1-3-5-9/h1-5,10-11H,6-8H2,(H,18,19)/t10?,11-/m0/s1. The van der Waals surface area contributed by atoms with E-state index in [9.17, 15) is 9.59 Å². The number of aliphatic carboxylic acids is 1. The molecule has 1 aromatic rings. The second-order valence-corrected chi connectivity index (χ2v) is 6.80. The Morgan fingerprint density at radius 2 is 2.00 bits per heavy atom. The molecule has 110 valence electrons. The lowest BCUT2D eigenvalue weighted by Gasteiger charge is -2.22. The Morgan fingerprint density at radius 1 is 1.24 bits per heavy atom. The number of carboxylic acid groups (broad SMARTS) is 1. The van der Waals surface area contributed by atoms with Crippen LogP contribution in [0.5, 0.6) is 0 Å². The van der Waals surface area contributed by atoms with Crippen LogP contribution in [-0.2, 0) is 9.59 Å². The summed E-state index contributed by atoms with van der Waals surface area (Å²) in [6, 6.07) is 8.55. The maximum Gasteiger partial charge on any atom is 0.327 e. The van der Waals surface area contributed by atoms with E-state index in [0.29, 0.717) is 17.4 Å². The van der Waals surface area contributed by atoms with Crippen molar-refractivity contribution in [3.8, 4) is 0 Å². The predicted octanol–water partition coefficient (Wildman–Crippen LogP) is 1.53. The maximum atomic E-state index is 12.5. The third-order valence-corrected chi connectivity index (χ3v) is 5.52.